The van der Waals surface area contributed by atoms with Crippen molar-refractivity contribution in [3.05, 3.63) is 54.6 Å². The molecule has 0 fully saturated rings. The van der Waals surface area contributed by atoms with Gasteiger partial charge in [0, 0.05) is 19.8 Å². The van der Waals surface area contributed by atoms with Gasteiger partial charge in [-0.15, -0.1) is 0 Å². The van der Waals surface area contributed by atoms with Crippen molar-refractivity contribution in [1.82, 2.24) is 0 Å². The number of hydrogen-bond donors (Lipinski definition) is 0. The summed E-state index contributed by atoms with van der Waals surface area (Å²) in [6.07, 6.45) is 0. The molecule has 2 rings (SSSR count). The van der Waals surface area contributed by atoms with Crippen molar-refractivity contribution in [3.63, 3.8) is 0 Å². The summed E-state index contributed by atoms with van der Waals surface area (Å²) in [5.74, 6) is 0.254. The van der Waals surface area contributed by atoms with E-state index in [0.717, 1.165) is 16.3 Å². The third kappa shape index (κ3) is 2.87. The Morgan fingerprint density at radius 3 is 2.37 bits per heavy atom. The molecule has 0 saturated carbocycles. The van der Waals surface area contributed by atoms with Crippen molar-refractivity contribution < 1.29 is 18.1 Å². The molecule has 100 valence electrons. The first-order valence-corrected chi connectivity index (χ1v) is 7.14. The number of phosphoric ester groups is 1. The minimum absolute atomic E-state index is 0.254. The molecular formula is C14H15O4P. The van der Waals surface area contributed by atoms with Crippen LogP contribution in [0.2, 0.25) is 0 Å². The van der Waals surface area contributed by atoms with E-state index in [0.29, 0.717) is 0 Å². The van der Waals surface area contributed by atoms with Crippen LogP contribution in [0.1, 0.15) is 5.56 Å². The summed E-state index contributed by atoms with van der Waals surface area (Å²) in [4.78, 5) is 0. The van der Waals surface area contributed by atoms with E-state index in [-0.39, 0.29) is 5.76 Å². The highest BCUT2D eigenvalue weighted by molar-refractivity contribution is 7.48. The highest BCUT2D eigenvalue weighted by Gasteiger charge is 2.26. The van der Waals surface area contributed by atoms with Gasteiger partial charge in [0.2, 0.25) is 0 Å². The smallest absolute Gasteiger partial charge is 0.404 e. The summed E-state index contributed by atoms with van der Waals surface area (Å²) >= 11 is 0. The van der Waals surface area contributed by atoms with Gasteiger partial charge in [-0.2, -0.15) is 0 Å². The molecule has 0 heterocycles. The Balaban J connectivity index is 2.40. The second-order valence-electron chi connectivity index (χ2n) is 3.85. The Morgan fingerprint density at radius 1 is 1.05 bits per heavy atom. The van der Waals surface area contributed by atoms with Gasteiger partial charge in [-0.1, -0.05) is 49.0 Å². The molecule has 2 aromatic carbocycles. The Hall–Kier alpha value is -1.61. The molecular weight excluding hydrogens is 263 g/mol. The molecule has 0 amide bonds. The van der Waals surface area contributed by atoms with Gasteiger partial charge in [0.1, 0.15) is 5.76 Å². The quantitative estimate of drug-likeness (QED) is 0.606. The monoisotopic (exact) mass is 278 g/mol. The molecule has 0 spiro atoms. The minimum Gasteiger partial charge on any atom is -0.404 e. The van der Waals surface area contributed by atoms with Crippen LogP contribution in [-0.4, -0.2) is 14.2 Å². The van der Waals surface area contributed by atoms with Gasteiger partial charge in [-0.05, 0) is 10.8 Å². The van der Waals surface area contributed by atoms with E-state index in [1.807, 2.05) is 42.5 Å². The van der Waals surface area contributed by atoms with Gasteiger partial charge in [0.05, 0.1) is 0 Å². The van der Waals surface area contributed by atoms with Gasteiger partial charge < -0.3 is 4.52 Å². The normalized spacial score (nSPS) is 11.5. The van der Waals surface area contributed by atoms with E-state index in [1.165, 1.54) is 14.2 Å². The third-order valence-electron chi connectivity index (χ3n) is 2.76. The maximum absolute atomic E-state index is 11.9. The predicted molar refractivity (Wildman–Crippen MR) is 75.7 cm³/mol. The molecule has 0 bridgehead atoms. The summed E-state index contributed by atoms with van der Waals surface area (Å²) in [7, 11) is -1.05. The Bertz CT molecular complexity index is 637. The van der Waals surface area contributed by atoms with Crippen LogP contribution < -0.4 is 0 Å². The number of hydrogen-bond acceptors (Lipinski definition) is 4. The van der Waals surface area contributed by atoms with Crippen molar-refractivity contribution in [3.8, 4) is 0 Å². The first-order chi connectivity index (χ1) is 9.09. The van der Waals surface area contributed by atoms with E-state index in [4.69, 9.17) is 13.6 Å². The SMILES string of the molecule is C=C(OP(=O)(OC)OC)c1cccc2ccccc12. The molecule has 19 heavy (non-hydrogen) atoms. The zero-order chi connectivity index (χ0) is 13.9. The van der Waals surface area contributed by atoms with Crippen LogP contribution in [0, 0.1) is 0 Å². The lowest BCUT2D eigenvalue weighted by Crippen LogP contribution is -1.95. The summed E-state index contributed by atoms with van der Waals surface area (Å²) in [5, 5.41) is 2.02. The number of fused-ring (bicyclic) bond motifs is 1. The van der Waals surface area contributed by atoms with Gasteiger partial charge in [0.15, 0.2) is 0 Å². The van der Waals surface area contributed by atoms with E-state index < -0.39 is 7.82 Å². The van der Waals surface area contributed by atoms with Crippen molar-refractivity contribution in [2.45, 2.75) is 0 Å². The van der Waals surface area contributed by atoms with Gasteiger partial charge in [0.25, 0.3) is 0 Å². The van der Waals surface area contributed by atoms with Gasteiger partial charge in [-0.3, -0.25) is 9.05 Å². The van der Waals surface area contributed by atoms with Crippen molar-refractivity contribution in [1.29, 1.82) is 0 Å². The first-order valence-electron chi connectivity index (χ1n) is 5.68. The van der Waals surface area contributed by atoms with Crippen molar-refractivity contribution in [2.75, 3.05) is 14.2 Å². The largest absolute Gasteiger partial charge is 0.529 e. The topological polar surface area (TPSA) is 44.8 Å². The predicted octanol–water partition coefficient (Wildman–Crippen LogP) is 4.23. The lowest BCUT2D eigenvalue weighted by atomic mass is 10.0. The maximum atomic E-state index is 11.9. The second kappa shape index (κ2) is 5.57. The Morgan fingerprint density at radius 2 is 1.68 bits per heavy atom. The fourth-order valence-corrected chi connectivity index (χ4v) is 2.47. The zero-order valence-corrected chi connectivity index (χ0v) is 11.7. The van der Waals surface area contributed by atoms with Gasteiger partial charge >= 0.3 is 7.82 Å². The molecule has 0 aliphatic heterocycles. The average Bonchev–Trinajstić information content (AvgIpc) is 2.46. The van der Waals surface area contributed by atoms with Crippen LogP contribution in [0.4, 0.5) is 0 Å². The molecule has 0 aromatic heterocycles. The van der Waals surface area contributed by atoms with Crippen molar-refractivity contribution >= 4 is 24.4 Å². The van der Waals surface area contributed by atoms with E-state index in [2.05, 4.69) is 6.58 Å². The fourth-order valence-electron chi connectivity index (χ4n) is 1.80. The van der Waals surface area contributed by atoms with E-state index in [1.54, 1.807) is 0 Å². The first kappa shape index (κ1) is 13.8. The Kier molecular flexibility index (Phi) is 4.05. The summed E-state index contributed by atoms with van der Waals surface area (Å²) in [6, 6.07) is 13.5. The highest BCUT2D eigenvalue weighted by atomic mass is 31.2. The third-order valence-corrected chi connectivity index (χ3v) is 4.10. The van der Waals surface area contributed by atoms with Crippen molar-refractivity contribution in [2.24, 2.45) is 0 Å². The number of rotatable bonds is 5. The van der Waals surface area contributed by atoms with Crippen LogP contribution in [-0.2, 0) is 18.1 Å². The fraction of sp³-hybridized carbons (Fsp3) is 0.143. The lowest BCUT2D eigenvalue weighted by Gasteiger charge is -2.17. The summed E-state index contributed by atoms with van der Waals surface area (Å²) in [6.45, 7) is 3.80. The minimum atomic E-state index is -3.58. The molecule has 0 unspecified atom stereocenters. The zero-order valence-electron chi connectivity index (χ0n) is 10.8. The van der Waals surface area contributed by atoms with Crippen LogP contribution in [0.5, 0.6) is 0 Å². The Labute approximate surface area is 112 Å². The molecule has 5 heteroatoms. The molecule has 0 aliphatic rings. The number of phosphoric acid groups is 1. The standard InChI is InChI=1S/C14H15O4P/c1-11(18-19(15,16-2)17-3)13-10-6-8-12-7-4-5-9-14(12)13/h4-10H,1H2,2-3H3. The maximum Gasteiger partial charge on any atom is 0.529 e. The second-order valence-corrected chi connectivity index (χ2v) is 5.66. The molecule has 2 aromatic rings. The van der Waals surface area contributed by atoms with E-state index >= 15 is 0 Å². The molecule has 0 aliphatic carbocycles. The number of benzene rings is 2. The molecule has 0 N–H and O–H groups in total. The summed E-state index contributed by atoms with van der Waals surface area (Å²) in [5.41, 5.74) is 0.757. The summed E-state index contributed by atoms with van der Waals surface area (Å²) < 4.78 is 26.7. The average molecular weight is 278 g/mol. The van der Waals surface area contributed by atoms with Crippen LogP contribution >= 0.6 is 7.82 Å². The molecule has 0 radical (unpaired) electrons. The van der Waals surface area contributed by atoms with E-state index in [9.17, 15) is 4.57 Å². The van der Waals surface area contributed by atoms with Crippen LogP contribution in [0.15, 0.2) is 49.0 Å². The molecule has 0 atom stereocenters. The van der Waals surface area contributed by atoms with Crippen LogP contribution in [0.3, 0.4) is 0 Å². The van der Waals surface area contributed by atoms with Crippen LogP contribution in [0.25, 0.3) is 16.5 Å². The highest BCUT2D eigenvalue weighted by Crippen LogP contribution is 2.51. The lowest BCUT2D eigenvalue weighted by molar-refractivity contribution is 0.201. The van der Waals surface area contributed by atoms with Gasteiger partial charge in [-0.25, -0.2) is 4.57 Å². The molecule has 0 saturated heterocycles. The molecule has 4 nitrogen and oxygen atoms in total.